The van der Waals surface area contributed by atoms with Crippen molar-refractivity contribution in [1.82, 2.24) is 0 Å². The average Bonchev–Trinajstić information content (AvgIpc) is 3.29. The van der Waals surface area contributed by atoms with Crippen molar-refractivity contribution in [2.45, 2.75) is 39.0 Å². The van der Waals surface area contributed by atoms with Crippen LogP contribution in [0.3, 0.4) is 0 Å². The second kappa shape index (κ2) is 10.5. The van der Waals surface area contributed by atoms with Gasteiger partial charge in [-0.25, -0.2) is 0 Å². The Labute approximate surface area is 170 Å². The Balaban J connectivity index is 1.46. The zero-order valence-electron chi connectivity index (χ0n) is 13.8. The summed E-state index contributed by atoms with van der Waals surface area (Å²) in [4.78, 5) is 7.34. The molecule has 0 radical (unpaired) electrons. The molecule has 24 heavy (non-hydrogen) atoms. The molecule has 3 rings (SSSR count). The summed E-state index contributed by atoms with van der Waals surface area (Å²) in [5, 5.41) is 0. The topological polar surface area (TPSA) is 9.23 Å². The van der Waals surface area contributed by atoms with Gasteiger partial charge in [0.2, 0.25) is 0 Å². The Morgan fingerprint density at radius 1 is 0.833 bits per heavy atom. The van der Waals surface area contributed by atoms with Crippen molar-refractivity contribution in [2.75, 3.05) is 6.61 Å². The molecule has 2 aliphatic heterocycles. The summed E-state index contributed by atoms with van der Waals surface area (Å²) in [5.74, 6) is 1.02. The van der Waals surface area contributed by atoms with Crippen LogP contribution in [0.25, 0.3) is 4.47 Å². The second-order valence-corrected chi connectivity index (χ2v) is 16.1. The van der Waals surface area contributed by atoms with Gasteiger partial charge >= 0.3 is 165 Å². The Bertz CT molecular complexity index is 621. The van der Waals surface area contributed by atoms with Gasteiger partial charge in [0.15, 0.2) is 0 Å². The van der Waals surface area contributed by atoms with Crippen molar-refractivity contribution in [3.8, 4) is 5.75 Å². The van der Waals surface area contributed by atoms with E-state index in [0.29, 0.717) is 59.8 Å². The summed E-state index contributed by atoms with van der Waals surface area (Å²) < 4.78 is 11.1. The fourth-order valence-corrected chi connectivity index (χ4v) is 16.1. The van der Waals surface area contributed by atoms with E-state index in [4.69, 9.17) is 4.74 Å². The molecule has 0 unspecified atom stereocenters. The first-order valence-corrected chi connectivity index (χ1v) is 15.6. The maximum absolute atomic E-state index is 5.88. The molecular weight excluding hydrogens is 560 g/mol. The Hall–Kier alpha value is 0.318. The predicted octanol–water partition coefficient (Wildman–Crippen LogP) is 3.78. The molecule has 0 aromatic heterocycles. The molecule has 0 saturated heterocycles. The number of benzene rings is 1. The molecule has 0 bridgehead atoms. The molecule has 1 aromatic carbocycles. The third-order valence-electron chi connectivity index (χ3n) is 3.70. The third kappa shape index (κ3) is 5.66. The second-order valence-electron chi connectivity index (χ2n) is 5.57. The number of hydrogen-bond donors (Lipinski definition) is 0. The first-order valence-electron chi connectivity index (χ1n) is 8.37. The van der Waals surface area contributed by atoms with Crippen molar-refractivity contribution in [3.05, 3.63) is 51.5 Å². The van der Waals surface area contributed by atoms with E-state index >= 15 is 0 Å². The molecule has 0 N–H and O–H groups in total. The summed E-state index contributed by atoms with van der Waals surface area (Å²) >= 11 is 2.55. The minimum absolute atomic E-state index is 0.576. The van der Waals surface area contributed by atoms with Gasteiger partial charge in [-0.05, 0) is 0 Å². The van der Waals surface area contributed by atoms with E-state index < -0.39 is 0 Å². The van der Waals surface area contributed by atoms with E-state index in [1.54, 1.807) is 4.47 Å². The molecule has 0 fully saturated rings. The Morgan fingerprint density at radius 2 is 1.58 bits per heavy atom. The van der Waals surface area contributed by atoms with E-state index in [-0.39, 0.29) is 0 Å². The summed E-state index contributed by atoms with van der Waals surface area (Å²) in [6.45, 7) is 3.11. The van der Waals surface area contributed by atoms with Crippen LogP contribution < -0.4 is 4.74 Å². The number of ether oxygens (including phenoxy) is 1. The predicted molar refractivity (Wildman–Crippen MR) is 108 cm³/mol. The number of rotatable bonds is 8. The Morgan fingerprint density at radius 3 is 2.33 bits per heavy atom. The first-order chi connectivity index (χ1) is 11.9. The molecule has 2 heterocycles. The quantitative estimate of drug-likeness (QED) is 0.335. The minimum atomic E-state index is 0.576. The van der Waals surface area contributed by atoms with Crippen LogP contribution in [0.5, 0.6) is 5.75 Å². The first kappa shape index (κ1) is 19.1. The van der Waals surface area contributed by atoms with Crippen molar-refractivity contribution in [1.29, 1.82) is 0 Å². The molecule has 1 nitrogen and oxygen atoms in total. The van der Waals surface area contributed by atoms with Crippen LogP contribution in [0.1, 0.15) is 44.6 Å². The molecule has 0 saturated carbocycles. The standard InChI is InChI=1S/C19H22OSe4/c1-2-3-4-5-6-11-20-16-9-7-15(8-10-16)17-14-23-19(24-17)18-21-12-13-22-18/h7-10,12-14H,2-6,11H2,1H3. The molecule has 5 heteroatoms. The van der Waals surface area contributed by atoms with Crippen molar-refractivity contribution < 1.29 is 4.74 Å². The summed E-state index contributed by atoms with van der Waals surface area (Å²) in [5.41, 5.74) is 1.41. The van der Waals surface area contributed by atoms with Gasteiger partial charge in [-0.2, -0.15) is 0 Å². The van der Waals surface area contributed by atoms with Gasteiger partial charge in [-0.1, -0.05) is 6.92 Å². The van der Waals surface area contributed by atoms with Crippen molar-refractivity contribution >= 4 is 64.3 Å². The number of unbranched alkanes of at least 4 members (excludes halogenated alkanes) is 4. The van der Waals surface area contributed by atoms with E-state index in [1.165, 1.54) is 37.7 Å². The van der Waals surface area contributed by atoms with E-state index in [2.05, 4.69) is 46.1 Å². The van der Waals surface area contributed by atoms with Crippen LogP contribution in [0, 0.1) is 0 Å². The molecule has 0 aliphatic carbocycles. The summed E-state index contributed by atoms with van der Waals surface area (Å²) in [6, 6.07) is 8.82. The van der Waals surface area contributed by atoms with Crippen LogP contribution in [0.4, 0.5) is 0 Å². The van der Waals surface area contributed by atoms with Gasteiger partial charge in [0.05, 0.1) is 0 Å². The van der Waals surface area contributed by atoms with Gasteiger partial charge in [0.25, 0.3) is 0 Å². The van der Waals surface area contributed by atoms with Crippen molar-refractivity contribution in [2.24, 2.45) is 0 Å². The van der Waals surface area contributed by atoms with Crippen molar-refractivity contribution in [3.63, 3.8) is 0 Å². The van der Waals surface area contributed by atoms with Crippen LogP contribution in [0.15, 0.2) is 45.9 Å². The molecule has 0 amide bonds. The van der Waals surface area contributed by atoms with Crippen LogP contribution in [-0.4, -0.2) is 66.4 Å². The van der Waals surface area contributed by atoms with Gasteiger partial charge in [-0.3, -0.25) is 0 Å². The fraction of sp³-hybridized carbons (Fsp3) is 0.368. The van der Waals surface area contributed by atoms with Crippen LogP contribution >= 0.6 is 0 Å². The van der Waals surface area contributed by atoms with E-state index in [9.17, 15) is 0 Å². The molecular formula is C19H22OSe4. The monoisotopic (exact) mass is 586 g/mol. The molecule has 2 aliphatic rings. The zero-order chi connectivity index (χ0) is 16.6. The Kier molecular flexibility index (Phi) is 8.32. The molecule has 128 valence electrons. The fourth-order valence-electron chi connectivity index (χ4n) is 2.39. The van der Waals surface area contributed by atoms with E-state index in [0.717, 1.165) is 12.4 Å². The third-order valence-corrected chi connectivity index (χ3v) is 18.5. The summed E-state index contributed by atoms with van der Waals surface area (Å²) in [7, 11) is 0. The molecule has 1 aromatic rings. The van der Waals surface area contributed by atoms with Gasteiger partial charge in [0.1, 0.15) is 0 Å². The van der Waals surface area contributed by atoms with E-state index in [1.807, 2.05) is 6.74 Å². The van der Waals surface area contributed by atoms with Crippen LogP contribution in [0.2, 0.25) is 0 Å². The van der Waals surface area contributed by atoms with Gasteiger partial charge in [0, 0.05) is 0 Å². The van der Waals surface area contributed by atoms with Gasteiger partial charge in [-0.15, -0.1) is 0 Å². The maximum atomic E-state index is 5.88. The normalized spacial score (nSPS) is 16.8. The summed E-state index contributed by atoms with van der Waals surface area (Å²) in [6.07, 6.45) is 6.46. The average molecular weight is 582 g/mol. The number of hydrogen-bond acceptors (Lipinski definition) is 1. The van der Waals surface area contributed by atoms with Crippen LogP contribution in [-0.2, 0) is 0 Å². The molecule has 0 spiro atoms. The zero-order valence-corrected chi connectivity index (χ0v) is 20.7. The van der Waals surface area contributed by atoms with Gasteiger partial charge < -0.3 is 0 Å². The molecule has 0 atom stereocenters. The SMILES string of the molecule is CCCCCCCOc1ccc(C2=C[Se]C(=C3[Se]C=C[Se]3)[Se]2)cc1.